The van der Waals surface area contributed by atoms with E-state index in [1.54, 1.807) is 0 Å². The second-order valence-corrected chi connectivity index (χ2v) is 3.42. The van der Waals surface area contributed by atoms with Crippen molar-refractivity contribution in [3.05, 3.63) is 35.4 Å². The Balaban J connectivity index is 2.15. The van der Waals surface area contributed by atoms with Crippen LogP contribution in [0, 0.1) is 0 Å². The lowest BCUT2D eigenvalue weighted by Crippen LogP contribution is -2.36. The number of benzene rings is 1. The lowest BCUT2D eigenvalue weighted by atomic mass is 9.99. The molecule has 0 saturated carbocycles. The summed E-state index contributed by atoms with van der Waals surface area (Å²) in [6.45, 7) is 1.95. The molecule has 2 aliphatic rings. The summed E-state index contributed by atoms with van der Waals surface area (Å²) in [7, 11) is 0. The number of hydrogen-bond acceptors (Lipinski definition) is 3. The zero-order chi connectivity index (χ0) is 8.67. The summed E-state index contributed by atoms with van der Waals surface area (Å²) in [4.78, 5) is 2.28. The highest BCUT2D eigenvalue weighted by molar-refractivity contribution is 6.01. The normalized spacial score (nSPS) is 18.8. The number of fused-ring (bicyclic) bond motifs is 3. The molecular formula is C10H11N3. The number of nitrogens with zero attached hydrogens (tertiary/aromatic N) is 2. The summed E-state index contributed by atoms with van der Waals surface area (Å²) in [6.07, 6.45) is 1.14. The molecule has 0 unspecified atom stereocenters. The van der Waals surface area contributed by atoms with Gasteiger partial charge >= 0.3 is 0 Å². The molecule has 3 nitrogen and oxygen atoms in total. The number of nitrogens with one attached hydrogen (secondary N) is 1. The fourth-order valence-corrected chi connectivity index (χ4v) is 1.97. The molecule has 0 saturated heterocycles. The second kappa shape index (κ2) is 2.49. The van der Waals surface area contributed by atoms with E-state index in [9.17, 15) is 0 Å². The highest BCUT2D eigenvalue weighted by atomic mass is 15.5. The first kappa shape index (κ1) is 6.95. The van der Waals surface area contributed by atoms with Crippen molar-refractivity contribution in [1.29, 1.82) is 0 Å². The monoisotopic (exact) mass is 173 g/mol. The third-order valence-corrected chi connectivity index (χ3v) is 2.66. The third kappa shape index (κ3) is 0.932. The summed E-state index contributed by atoms with van der Waals surface area (Å²) in [6, 6.07) is 8.50. The average molecular weight is 173 g/mol. The highest BCUT2D eigenvalue weighted by Crippen LogP contribution is 2.20. The Bertz CT molecular complexity index is 370. The van der Waals surface area contributed by atoms with Crippen LogP contribution in [0.15, 0.2) is 29.4 Å². The zero-order valence-electron chi connectivity index (χ0n) is 7.33. The van der Waals surface area contributed by atoms with Gasteiger partial charge in [-0.15, -0.1) is 0 Å². The Morgan fingerprint density at radius 1 is 1.31 bits per heavy atom. The molecule has 0 fully saturated rings. The minimum atomic E-state index is 0.865. The van der Waals surface area contributed by atoms with E-state index in [0.717, 1.165) is 25.5 Å². The third-order valence-electron chi connectivity index (χ3n) is 2.66. The van der Waals surface area contributed by atoms with Crippen molar-refractivity contribution in [2.45, 2.75) is 6.42 Å². The zero-order valence-corrected chi connectivity index (χ0v) is 7.33. The summed E-state index contributed by atoms with van der Waals surface area (Å²) in [5.74, 6) is 1.11. The lowest BCUT2D eigenvalue weighted by molar-refractivity contribution is 0.421. The first-order valence-electron chi connectivity index (χ1n) is 4.59. The van der Waals surface area contributed by atoms with Gasteiger partial charge in [0.05, 0.1) is 0 Å². The van der Waals surface area contributed by atoms with Gasteiger partial charge in [-0.3, -0.25) is 5.43 Å². The van der Waals surface area contributed by atoms with Crippen LogP contribution < -0.4 is 5.43 Å². The van der Waals surface area contributed by atoms with Gasteiger partial charge in [0.25, 0.3) is 0 Å². The van der Waals surface area contributed by atoms with E-state index in [-0.39, 0.29) is 0 Å². The summed E-state index contributed by atoms with van der Waals surface area (Å²) in [5, 5.41) is 4.29. The van der Waals surface area contributed by atoms with E-state index in [2.05, 4.69) is 39.7 Å². The maximum Gasteiger partial charge on any atom is 0.157 e. The predicted octanol–water partition coefficient (Wildman–Crippen LogP) is 0.767. The Hall–Kier alpha value is -1.51. The molecule has 1 aromatic rings. The van der Waals surface area contributed by atoms with Gasteiger partial charge in [0.2, 0.25) is 0 Å². The molecule has 0 atom stereocenters. The minimum absolute atomic E-state index is 0.865. The van der Waals surface area contributed by atoms with Gasteiger partial charge in [-0.1, -0.05) is 24.3 Å². The molecule has 3 heteroatoms. The van der Waals surface area contributed by atoms with E-state index in [1.165, 1.54) is 11.1 Å². The SMILES string of the molecule is c1ccc2c(c1)CCN1CNN=C21. The van der Waals surface area contributed by atoms with E-state index in [4.69, 9.17) is 0 Å². The fourth-order valence-electron chi connectivity index (χ4n) is 1.97. The molecule has 0 bridgehead atoms. The summed E-state index contributed by atoms with van der Waals surface area (Å²) < 4.78 is 0. The van der Waals surface area contributed by atoms with Crippen LogP contribution in [-0.4, -0.2) is 23.9 Å². The maximum atomic E-state index is 4.29. The molecule has 2 heterocycles. The largest absolute Gasteiger partial charge is 0.335 e. The van der Waals surface area contributed by atoms with Gasteiger partial charge in [0.15, 0.2) is 5.84 Å². The van der Waals surface area contributed by atoms with Crippen LogP contribution in [0.2, 0.25) is 0 Å². The Kier molecular flexibility index (Phi) is 1.33. The van der Waals surface area contributed by atoms with Crippen LogP contribution in [0.1, 0.15) is 11.1 Å². The molecule has 2 aliphatic heterocycles. The van der Waals surface area contributed by atoms with Crippen LogP contribution in [0.3, 0.4) is 0 Å². The molecule has 0 spiro atoms. The van der Waals surface area contributed by atoms with Gasteiger partial charge < -0.3 is 4.90 Å². The van der Waals surface area contributed by atoms with Crippen molar-refractivity contribution >= 4 is 5.84 Å². The second-order valence-electron chi connectivity index (χ2n) is 3.42. The summed E-state index contributed by atoms with van der Waals surface area (Å²) >= 11 is 0. The van der Waals surface area contributed by atoms with Crippen LogP contribution in [0.25, 0.3) is 0 Å². The molecule has 13 heavy (non-hydrogen) atoms. The molecule has 66 valence electrons. The topological polar surface area (TPSA) is 27.6 Å². The molecule has 0 amide bonds. The minimum Gasteiger partial charge on any atom is -0.335 e. The molecule has 0 radical (unpaired) electrons. The van der Waals surface area contributed by atoms with Gasteiger partial charge in [0.1, 0.15) is 6.67 Å². The van der Waals surface area contributed by atoms with Gasteiger partial charge in [-0.25, -0.2) is 0 Å². The van der Waals surface area contributed by atoms with Gasteiger partial charge in [-0.2, -0.15) is 5.10 Å². The van der Waals surface area contributed by atoms with Crippen LogP contribution >= 0.6 is 0 Å². The van der Waals surface area contributed by atoms with E-state index in [0.29, 0.717) is 0 Å². The first-order chi connectivity index (χ1) is 6.45. The van der Waals surface area contributed by atoms with E-state index in [1.807, 2.05) is 0 Å². The summed E-state index contributed by atoms with van der Waals surface area (Å²) in [5.41, 5.74) is 5.73. The molecule has 0 aliphatic carbocycles. The molecule has 1 aromatic carbocycles. The van der Waals surface area contributed by atoms with Crippen molar-refractivity contribution in [2.24, 2.45) is 5.10 Å². The maximum absolute atomic E-state index is 4.29. The van der Waals surface area contributed by atoms with Crippen LogP contribution in [0.4, 0.5) is 0 Å². The standard InChI is InChI=1S/C10H11N3/c1-2-4-9-8(3-1)5-6-13-7-11-12-10(9)13/h1-4,11H,5-7H2. The Morgan fingerprint density at radius 3 is 3.23 bits per heavy atom. The number of rotatable bonds is 0. The first-order valence-corrected chi connectivity index (χ1v) is 4.59. The molecule has 1 N–H and O–H groups in total. The molecular weight excluding hydrogens is 162 g/mol. The van der Waals surface area contributed by atoms with Gasteiger partial charge in [-0.05, 0) is 12.0 Å². The van der Waals surface area contributed by atoms with Crippen molar-refractivity contribution in [2.75, 3.05) is 13.2 Å². The lowest BCUT2D eigenvalue weighted by Gasteiger charge is -2.25. The number of amidine groups is 1. The predicted molar refractivity (Wildman–Crippen MR) is 51.4 cm³/mol. The molecule has 3 rings (SSSR count). The van der Waals surface area contributed by atoms with Crippen molar-refractivity contribution < 1.29 is 0 Å². The number of hydrazone groups is 1. The number of hydrogen-bond donors (Lipinski definition) is 1. The Morgan fingerprint density at radius 2 is 2.23 bits per heavy atom. The van der Waals surface area contributed by atoms with E-state index >= 15 is 0 Å². The van der Waals surface area contributed by atoms with Crippen molar-refractivity contribution in [3.8, 4) is 0 Å². The van der Waals surface area contributed by atoms with Crippen molar-refractivity contribution in [1.82, 2.24) is 10.3 Å². The van der Waals surface area contributed by atoms with Crippen LogP contribution in [-0.2, 0) is 6.42 Å². The smallest absolute Gasteiger partial charge is 0.157 e. The quantitative estimate of drug-likeness (QED) is 0.627. The average Bonchev–Trinajstić information content (AvgIpc) is 2.65. The fraction of sp³-hybridized carbons (Fsp3) is 0.300. The highest BCUT2D eigenvalue weighted by Gasteiger charge is 2.24. The van der Waals surface area contributed by atoms with Gasteiger partial charge in [0, 0.05) is 12.1 Å². The van der Waals surface area contributed by atoms with Crippen LogP contribution in [0.5, 0.6) is 0 Å². The Labute approximate surface area is 77.1 Å². The molecule has 0 aromatic heterocycles. The van der Waals surface area contributed by atoms with Crippen molar-refractivity contribution in [3.63, 3.8) is 0 Å². The van der Waals surface area contributed by atoms with E-state index < -0.39 is 0 Å².